The Morgan fingerprint density at radius 2 is 2.09 bits per heavy atom. The highest BCUT2D eigenvalue weighted by Crippen LogP contribution is 2.27. The molecule has 0 atom stereocenters. The van der Waals surface area contributed by atoms with Crippen LogP contribution in [0, 0.1) is 0 Å². The third-order valence-corrected chi connectivity index (χ3v) is 4.20. The van der Waals surface area contributed by atoms with Crippen LogP contribution in [0.3, 0.4) is 0 Å². The van der Waals surface area contributed by atoms with Crippen LogP contribution in [0.1, 0.15) is 0 Å². The molecule has 1 saturated heterocycles. The molecule has 10 heteroatoms. The van der Waals surface area contributed by atoms with Gasteiger partial charge in [-0.25, -0.2) is 4.79 Å². The molecule has 7 nitrogen and oxygen atoms in total. The van der Waals surface area contributed by atoms with E-state index in [-0.39, 0.29) is 36.7 Å². The number of carbonyl (C=O) groups is 3. The Kier molecular flexibility index (Phi) is 6.37. The smallest absolute Gasteiger partial charge is 0.317 e. The lowest BCUT2D eigenvalue weighted by molar-refractivity contribution is -0.124. The van der Waals surface area contributed by atoms with E-state index < -0.39 is 6.03 Å². The quantitative estimate of drug-likeness (QED) is 0.742. The Morgan fingerprint density at radius 3 is 2.74 bits per heavy atom. The van der Waals surface area contributed by atoms with Gasteiger partial charge in [0.05, 0.1) is 10.8 Å². The molecule has 0 aromatic heterocycles. The van der Waals surface area contributed by atoms with E-state index in [1.54, 1.807) is 12.1 Å². The van der Waals surface area contributed by atoms with Gasteiger partial charge in [-0.2, -0.15) is 0 Å². The molecular weight excluding hydrogens is 365 g/mol. The number of imide groups is 1. The number of halogens is 2. The third-order valence-electron chi connectivity index (χ3n) is 2.82. The lowest BCUT2D eigenvalue weighted by Crippen LogP contribution is -2.42. The summed E-state index contributed by atoms with van der Waals surface area (Å²) in [6, 6.07) is 4.25. The van der Waals surface area contributed by atoms with E-state index >= 15 is 0 Å². The summed E-state index contributed by atoms with van der Waals surface area (Å²) in [5.41, 5.74) is 0. The van der Waals surface area contributed by atoms with Gasteiger partial charge in [0.1, 0.15) is 5.75 Å². The summed E-state index contributed by atoms with van der Waals surface area (Å²) < 4.78 is 5.29. The molecule has 2 rings (SSSR count). The topological polar surface area (TPSA) is 87.7 Å². The lowest BCUT2D eigenvalue weighted by atomic mass is 10.3. The van der Waals surface area contributed by atoms with Crippen LogP contribution in [0.25, 0.3) is 0 Å². The average molecular weight is 378 g/mol. The minimum Gasteiger partial charge on any atom is -0.472 e. The van der Waals surface area contributed by atoms with Crippen molar-refractivity contribution in [3.63, 3.8) is 0 Å². The Balaban J connectivity index is 1.65. The molecule has 1 aliphatic heterocycles. The van der Waals surface area contributed by atoms with Crippen molar-refractivity contribution in [1.82, 2.24) is 15.5 Å². The molecule has 2 N–H and O–H groups in total. The summed E-state index contributed by atoms with van der Waals surface area (Å²) in [6.45, 7) is 0.206. The van der Waals surface area contributed by atoms with E-state index in [4.69, 9.17) is 27.9 Å². The van der Waals surface area contributed by atoms with Gasteiger partial charge in [-0.3, -0.25) is 14.5 Å². The number of carbonyl (C=O) groups excluding carboxylic acids is 3. The molecule has 0 unspecified atom stereocenters. The van der Waals surface area contributed by atoms with Crippen molar-refractivity contribution < 1.29 is 19.1 Å². The van der Waals surface area contributed by atoms with Crippen LogP contribution in [0.5, 0.6) is 5.75 Å². The average Bonchev–Trinajstić information content (AvgIpc) is 2.81. The normalized spacial score (nSPS) is 14.1. The number of nitrogens with one attached hydrogen (secondary N) is 2. The van der Waals surface area contributed by atoms with Gasteiger partial charge in [0.25, 0.3) is 5.24 Å². The molecule has 0 spiro atoms. The van der Waals surface area contributed by atoms with Gasteiger partial charge in [0, 0.05) is 18.1 Å². The maximum Gasteiger partial charge on any atom is 0.317 e. The van der Waals surface area contributed by atoms with Crippen LogP contribution >= 0.6 is 35.0 Å². The number of rotatable bonds is 6. The van der Waals surface area contributed by atoms with E-state index in [0.29, 0.717) is 15.8 Å². The number of thioether (sulfide) groups is 1. The van der Waals surface area contributed by atoms with Crippen LogP contribution < -0.4 is 15.4 Å². The van der Waals surface area contributed by atoms with Crippen molar-refractivity contribution in [1.29, 1.82) is 0 Å². The Hall–Kier alpha value is -1.64. The van der Waals surface area contributed by atoms with E-state index in [1.807, 2.05) is 0 Å². The Labute approximate surface area is 146 Å². The predicted octanol–water partition coefficient (Wildman–Crippen LogP) is 2.32. The predicted molar refractivity (Wildman–Crippen MR) is 88.1 cm³/mol. The van der Waals surface area contributed by atoms with E-state index in [1.165, 1.54) is 6.07 Å². The molecule has 0 bridgehead atoms. The highest BCUT2D eigenvalue weighted by Gasteiger charge is 2.29. The second-order valence-electron chi connectivity index (χ2n) is 4.40. The first-order chi connectivity index (χ1) is 11.0. The summed E-state index contributed by atoms with van der Waals surface area (Å²) in [5, 5.41) is 5.51. The second-order valence-corrected chi connectivity index (χ2v) is 6.17. The number of amides is 4. The van der Waals surface area contributed by atoms with Crippen LogP contribution in [-0.4, -0.2) is 47.7 Å². The minimum atomic E-state index is -0.484. The second kappa shape index (κ2) is 8.28. The van der Waals surface area contributed by atoms with Crippen molar-refractivity contribution in [2.45, 2.75) is 0 Å². The molecule has 4 amide bonds. The first kappa shape index (κ1) is 17.7. The van der Waals surface area contributed by atoms with Gasteiger partial charge in [-0.15, -0.1) is 0 Å². The van der Waals surface area contributed by atoms with Gasteiger partial charge < -0.3 is 15.4 Å². The van der Waals surface area contributed by atoms with Crippen LogP contribution in [0.2, 0.25) is 10.0 Å². The standard InChI is InChI=1S/C13H13Cl2N3O4S/c14-8-1-2-10(9(15)5-8)22-7-17-12(20)16-3-4-18-11(19)6-23-13(18)21/h1-2,5H,3-4,6-7H2,(H2,16,17,20). The van der Waals surface area contributed by atoms with Crippen molar-refractivity contribution in [2.24, 2.45) is 0 Å². The zero-order valence-corrected chi connectivity index (χ0v) is 14.1. The summed E-state index contributed by atoms with van der Waals surface area (Å²) in [5.74, 6) is 0.297. The molecule has 0 saturated carbocycles. The number of hydrogen-bond donors (Lipinski definition) is 2. The fraction of sp³-hybridized carbons (Fsp3) is 0.308. The van der Waals surface area contributed by atoms with Crippen molar-refractivity contribution >= 4 is 52.1 Å². The molecule has 124 valence electrons. The summed E-state index contributed by atoms with van der Waals surface area (Å²) >= 11 is 12.6. The molecule has 23 heavy (non-hydrogen) atoms. The SMILES string of the molecule is O=C(NCCN1C(=O)CSC1=O)NCOc1ccc(Cl)cc1Cl. The molecule has 1 aromatic rings. The maximum absolute atomic E-state index is 11.6. The van der Waals surface area contributed by atoms with Crippen molar-refractivity contribution in [3.8, 4) is 5.75 Å². The zero-order chi connectivity index (χ0) is 16.8. The van der Waals surface area contributed by atoms with Crippen LogP contribution in [-0.2, 0) is 4.79 Å². The fourth-order valence-electron chi connectivity index (χ4n) is 1.71. The lowest BCUT2D eigenvalue weighted by Gasteiger charge is -2.14. The Morgan fingerprint density at radius 1 is 1.30 bits per heavy atom. The fourth-order valence-corrected chi connectivity index (χ4v) is 2.93. The molecule has 1 fully saturated rings. The monoisotopic (exact) mass is 377 g/mol. The van der Waals surface area contributed by atoms with E-state index in [0.717, 1.165) is 16.7 Å². The van der Waals surface area contributed by atoms with Crippen LogP contribution in [0.15, 0.2) is 18.2 Å². The molecule has 0 aliphatic carbocycles. The highest BCUT2D eigenvalue weighted by molar-refractivity contribution is 8.14. The number of nitrogens with zero attached hydrogens (tertiary/aromatic N) is 1. The molecule has 1 aromatic carbocycles. The molecule has 1 aliphatic rings. The zero-order valence-electron chi connectivity index (χ0n) is 11.8. The largest absolute Gasteiger partial charge is 0.472 e. The van der Waals surface area contributed by atoms with Crippen LogP contribution in [0.4, 0.5) is 9.59 Å². The minimum absolute atomic E-state index is 0.0926. The van der Waals surface area contributed by atoms with Gasteiger partial charge in [-0.1, -0.05) is 35.0 Å². The Bertz CT molecular complexity index is 613. The van der Waals surface area contributed by atoms with E-state index in [9.17, 15) is 14.4 Å². The third kappa shape index (κ3) is 5.19. The number of urea groups is 1. The van der Waals surface area contributed by atoms with Crippen molar-refractivity contribution in [2.75, 3.05) is 25.6 Å². The highest BCUT2D eigenvalue weighted by atomic mass is 35.5. The van der Waals surface area contributed by atoms with Gasteiger partial charge >= 0.3 is 6.03 Å². The maximum atomic E-state index is 11.6. The molecular formula is C13H13Cl2N3O4S. The van der Waals surface area contributed by atoms with Gasteiger partial charge in [-0.05, 0) is 18.2 Å². The number of benzene rings is 1. The number of ether oxygens (including phenoxy) is 1. The van der Waals surface area contributed by atoms with E-state index in [2.05, 4.69) is 10.6 Å². The summed E-state index contributed by atoms with van der Waals surface area (Å²) in [6.07, 6.45) is 0. The number of hydrogen-bond acceptors (Lipinski definition) is 5. The molecule has 0 radical (unpaired) electrons. The first-order valence-corrected chi connectivity index (χ1v) is 8.28. The first-order valence-electron chi connectivity index (χ1n) is 6.54. The summed E-state index contributed by atoms with van der Waals surface area (Å²) in [4.78, 5) is 35.4. The molecule has 1 heterocycles. The van der Waals surface area contributed by atoms with Gasteiger partial charge in [0.2, 0.25) is 5.91 Å². The van der Waals surface area contributed by atoms with Gasteiger partial charge in [0.15, 0.2) is 6.73 Å². The summed E-state index contributed by atoms with van der Waals surface area (Å²) in [7, 11) is 0. The van der Waals surface area contributed by atoms with Crippen molar-refractivity contribution in [3.05, 3.63) is 28.2 Å².